The Kier molecular flexibility index (Phi) is 6.42. The number of hydrogen-bond donors (Lipinski definition) is 0. The molecule has 0 bridgehead atoms. The van der Waals surface area contributed by atoms with E-state index in [1.54, 1.807) is 0 Å². The lowest BCUT2D eigenvalue weighted by atomic mass is 9.94. The molecule has 3 heterocycles. The van der Waals surface area contributed by atoms with Crippen molar-refractivity contribution in [3.8, 4) is 56.4 Å². The highest BCUT2D eigenvalue weighted by Crippen LogP contribution is 2.41. The Morgan fingerprint density at radius 2 is 0.680 bits per heavy atom. The summed E-state index contributed by atoms with van der Waals surface area (Å²) in [6.45, 7) is 0. The molecular weight excluding hydrogens is 615 g/mol. The second kappa shape index (κ2) is 11.4. The SMILES string of the molecule is c1ccc(-c2nc(-c3ccccc3)nc(-c3cc(-c4cccc5c4oc4ccccc45)cc(-c4cccc5c4oc4ccccc45)c3)n2)cc1. The molecule has 5 nitrogen and oxygen atoms in total. The second-order valence-electron chi connectivity index (χ2n) is 12.4. The van der Waals surface area contributed by atoms with E-state index in [9.17, 15) is 0 Å². The van der Waals surface area contributed by atoms with Gasteiger partial charge in [0.15, 0.2) is 17.5 Å². The van der Waals surface area contributed by atoms with E-state index in [2.05, 4.69) is 66.7 Å². The van der Waals surface area contributed by atoms with Crippen LogP contribution in [0.2, 0.25) is 0 Å². The first-order chi connectivity index (χ1) is 24.8. The molecule has 5 heteroatoms. The summed E-state index contributed by atoms with van der Waals surface area (Å²) >= 11 is 0. The van der Waals surface area contributed by atoms with Crippen molar-refractivity contribution in [3.05, 3.63) is 164 Å². The molecule has 50 heavy (non-hydrogen) atoms. The molecule has 0 amide bonds. The van der Waals surface area contributed by atoms with Gasteiger partial charge >= 0.3 is 0 Å². The number of rotatable bonds is 5. The maximum absolute atomic E-state index is 6.53. The van der Waals surface area contributed by atoms with E-state index in [1.807, 2.05) is 97.1 Å². The van der Waals surface area contributed by atoms with Crippen molar-refractivity contribution in [2.75, 3.05) is 0 Å². The van der Waals surface area contributed by atoms with Gasteiger partial charge in [-0.3, -0.25) is 0 Å². The molecule has 0 saturated carbocycles. The van der Waals surface area contributed by atoms with Crippen molar-refractivity contribution in [2.24, 2.45) is 0 Å². The Labute approximate surface area is 287 Å². The van der Waals surface area contributed by atoms with E-state index < -0.39 is 0 Å². The van der Waals surface area contributed by atoms with Crippen LogP contribution >= 0.6 is 0 Å². The van der Waals surface area contributed by atoms with Gasteiger partial charge in [-0.25, -0.2) is 15.0 Å². The third-order valence-corrected chi connectivity index (χ3v) is 9.32. The van der Waals surface area contributed by atoms with Crippen LogP contribution < -0.4 is 0 Å². The smallest absolute Gasteiger partial charge is 0.164 e. The fraction of sp³-hybridized carbons (Fsp3) is 0. The number of benzene rings is 7. The van der Waals surface area contributed by atoms with Gasteiger partial charge in [0.25, 0.3) is 0 Å². The summed E-state index contributed by atoms with van der Waals surface area (Å²) in [6.07, 6.45) is 0. The van der Waals surface area contributed by atoms with E-state index >= 15 is 0 Å². The first kappa shape index (κ1) is 28.2. The van der Waals surface area contributed by atoms with Crippen LogP contribution in [0.25, 0.3) is 100 Å². The van der Waals surface area contributed by atoms with Crippen LogP contribution in [-0.4, -0.2) is 15.0 Å². The van der Waals surface area contributed by atoms with Crippen LogP contribution in [0.4, 0.5) is 0 Å². The van der Waals surface area contributed by atoms with Crippen LogP contribution in [0.15, 0.2) is 173 Å². The topological polar surface area (TPSA) is 65.0 Å². The summed E-state index contributed by atoms with van der Waals surface area (Å²) in [4.78, 5) is 15.1. The second-order valence-corrected chi connectivity index (χ2v) is 12.4. The summed E-state index contributed by atoms with van der Waals surface area (Å²) in [6, 6.07) is 55.7. The first-order valence-corrected chi connectivity index (χ1v) is 16.6. The Morgan fingerprint density at radius 3 is 1.16 bits per heavy atom. The Bertz CT molecular complexity index is 2680. The third-order valence-electron chi connectivity index (χ3n) is 9.32. The summed E-state index contributed by atoms with van der Waals surface area (Å²) in [5.74, 6) is 1.80. The molecule has 7 aromatic carbocycles. The Morgan fingerprint density at radius 1 is 0.300 bits per heavy atom. The zero-order valence-electron chi connectivity index (χ0n) is 26.7. The van der Waals surface area contributed by atoms with Crippen molar-refractivity contribution in [2.45, 2.75) is 0 Å². The van der Waals surface area contributed by atoms with Gasteiger partial charge < -0.3 is 8.83 Å². The van der Waals surface area contributed by atoms with Gasteiger partial charge in [0.05, 0.1) is 0 Å². The highest BCUT2D eigenvalue weighted by atomic mass is 16.3. The Hall–Kier alpha value is -6.85. The van der Waals surface area contributed by atoms with Gasteiger partial charge in [0.1, 0.15) is 22.3 Å². The molecule has 0 aliphatic rings. The first-order valence-electron chi connectivity index (χ1n) is 16.6. The third kappa shape index (κ3) is 4.67. The van der Waals surface area contributed by atoms with Crippen molar-refractivity contribution >= 4 is 43.9 Å². The standard InChI is InChI=1S/C45H27N3O2/c1-3-13-28(14-4-1)43-46-44(29-15-5-2-6-16-29)48-45(47-43)32-26-30(33-19-11-21-37-35-17-7-9-23-39(35)49-41(33)37)25-31(27-32)34-20-12-22-38-36-18-8-10-24-40(36)50-42(34)38/h1-27H. The fourth-order valence-corrected chi connectivity index (χ4v) is 6.95. The van der Waals surface area contributed by atoms with E-state index in [-0.39, 0.29) is 0 Å². The molecule has 0 radical (unpaired) electrons. The molecular formula is C45H27N3O2. The molecule has 10 aromatic rings. The van der Waals surface area contributed by atoms with E-state index in [0.717, 1.165) is 82.8 Å². The van der Waals surface area contributed by atoms with Crippen molar-refractivity contribution in [1.29, 1.82) is 0 Å². The summed E-state index contributed by atoms with van der Waals surface area (Å²) in [7, 11) is 0. The highest BCUT2D eigenvalue weighted by Gasteiger charge is 2.19. The molecule has 0 aliphatic carbocycles. The highest BCUT2D eigenvalue weighted by molar-refractivity contribution is 6.11. The average Bonchev–Trinajstić information content (AvgIpc) is 3.77. The van der Waals surface area contributed by atoms with Gasteiger partial charge in [-0.05, 0) is 41.5 Å². The van der Waals surface area contributed by atoms with Gasteiger partial charge in [-0.2, -0.15) is 0 Å². The van der Waals surface area contributed by atoms with Crippen LogP contribution in [0.5, 0.6) is 0 Å². The molecule has 0 fully saturated rings. The maximum atomic E-state index is 6.53. The monoisotopic (exact) mass is 641 g/mol. The lowest BCUT2D eigenvalue weighted by Gasteiger charge is -2.13. The van der Waals surface area contributed by atoms with E-state index in [4.69, 9.17) is 23.8 Å². The normalized spacial score (nSPS) is 11.6. The van der Waals surface area contributed by atoms with Crippen LogP contribution in [0.1, 0.15) is 0 Å². The molecule has 0 unspecified atom stereocenters. The summed E-state index contributed by atoms with van der Waals surface area (Å²) < 4.78 is 13.1. The molecule has 0 aliphatic heterocycles. The largest absolute Gasteiger partial charge is 0.455 e. The fourth-order valence-electron chi connectivity index (χ4n) is 6.95. The minimum atomic E-state index is 0.578. The minimum absolute atomic E-state index is 0.578. The predicted molar refractivity (Wildman–Crippen MR) is 202 cm³/mol. The average molecular weight is 642 g/mol. The molecule has 0 atom stereocenters. The van der Waals surface area contributed by atoms with Crippen molar-refractivity contribution in [3.63, 3.8) is 0 Å². The van der Waals surface area contributed by atoms with Crippen molar-refractivity contribution in [1.82, 2.24) is 15.0 Å². The maximum Gasteiger partial charge on any atom is 0.164 e. The zero-order chi connectivity index (χ0) is 33.0. The van der Waals surface area contributed by atoms with E-state index in [0.29, 0.717) is 17.5 Å². The number of furan rings is 2. The molecule has 0 spiro atoms. The van der Waals surface area contributed by atoms with Crippen molar-refractivity contribution < 1.29 is 8.83 Å². The van der Waals surface area contributed by atoms with Gasteiger partial charge in [-0.15, -0.1) is 0 Å². The number of aromatic nitrogens is 3. The summed E-state index contributed by atoms with van der Waals surface area (Å²) in [5.41, 5.74) is 10.0. The van der Waals surface area contributed by atoms with Gasteiger partial charge in [-0.1, -0.05) is 133 Å². The van der Waals surface area contributed by atoms with Crippen LogP contribution in [0.3, 0.4) is 0 Å². The van der Waals surface area contributed by atoms with Gasteiger partial charge in [0, 0.05) is 49.4 Å². The molecule has 234 valence electrons. The number of nitrogens with zero attached hydrogens (tertiary/aromatic N) is 3. The lowest BCUT2D eigenvalue weighted by Crippen LogP contribution is -2.00. The zero-order valence-corrected chi connectivity index (χ0v) is 26.7. The molecule has 0 N–H and O–H groups in total. The number of fused-ring (bicyclic) bond motifs is 6. The molecule has 0 saturated heterocycles. The van der Waals surface area contributed by atoms with Crippen LogP contribution in [0, 0.1) is 0 Å². The molecule has 10 rings (SSSR count). The van der Waals surface area contributed by atoms with Gasteiger partial charge in [0.2, 0.25) is 0 Å². The number of hydrogen-bond acceptors (Lipinski definition) is 5. The number of para-hydroxylation sites is 4. The minimum Gasteiger partial charge on any atom is -0.455 e. The van der Waals surface area contributed by atoms with Crippen LogP contribution in [-0.2, 0) is 0 Å². The predicted octanol–water partition coefficient (Wildman–Crippen LogP) is 12.0. The molecule has 3 aromatic heterocycles. The quantitative estimate of drug-likeness (QED) is 0.187. The lowest BCUT2D eigenvalue weighted by molar-refractivity contribution is 0.670. The van der Waals surface area contributed by atoms with E-state index in [1.165, 1.54) is 0 Å². The summed E-state index contributed by atoms with van der Waals surface area (Å²) in [5, 5.41) is 4.32. The Balaban J connectivity index is 1.26.